The van der Waals surface area contributed by atoms with Crippen molar-refractivity contribution in [2.75, 3.05) is 0 Å². The zero-order valence-corrected chi connectivity index (χ0v) is 9.42. The number of hydrazone groups is 1. The van der Waals surface area contributed by atoms with E-state index in [4.69, 9.17) is 5.73 Å². The predicted octanol–water partition coefficient (Wildman–Crippen LogP) is 1.86. The van der Waals surface area contributed by atoms with E-state index >= 15 is 0 Å². The van der Waals surface area contributed by atoms with E-state index in [0.29, 0.717) is 11.3 Å². The third-order valence-corrected chi connectivity index (χ3v) is 4.17. The summed E-state index contributed by atoms with van der Waals surface area (Å²) in [6.45, 7) is 4.61. The van der Waals surface area contributed by atoms with Gasteiger partial charge in [0.1, 0.15) is 0 Å². The van der Waals surface area contributed by atoms with Gasteiger partial charge in [0.2, 0.25) is 0 Å². The first-order valence-electron chi connectivity index (χ1n) is 5.63. The van der Waals surface area contributed by atoms with Gasteiger partial charge in [-0.3, -0.25) is 0 Å². The van der Waals surface area contributed by atoms with Crippen LogP contribution in [0, 0.1) is 17.3 Å². The van der Waals surface area contributed by atoms with Crippen molar-refractivity contribution < 1.29 is 4.79 Å². The van der Waals surface area contributed by atoms with E-state index in [2.05, 4.69) is 24.4 Å². The Labute approximate surface area is 90.3 Å². The molecule has 2 atom stereocenters. The van der Waals surface area contributed by atoms with Gasteiger partial charge in [0, 0.05) is 11.6 Å². The molecule has 3 rings (SSSR count). The molecule has 0 unspecified atom stereocenters. The van der Waals surface area contributed by atoms with Crippen LogP contribution in [0.3, 0.4) is 0 Å². The van der Waals surface area contributed by atoms with Crippen LogP contribution in [-0.2, 0) is 0 Å². The molecule has 84 valence electrons. The van der Waals surface area contributed by atoms with Gasteiger partial charge in [-0.25, -0.2) is 10.2 Å². The Morgan fingerprint density at radius 3 is 2.93 bits per heavy atom. The molecule has 2 bridgehead atoms. The summed E-state index contributed by atoms with van der Waals surface area (Å²) >= 11 is 0. The number of urea groups is 1. The standard InChI is InChI=1S/C11H19N3O/c1-11(2)7-4-3-5-9(8(11)6-7)13-14-10(12)15/h7-8H,3-6H2,1-2H3,(H3,12,14,15)/b13-9-/t7-,8+/m0/s1. The zero-order valence-electron chi connectivity index (χ0n) is 9.42. The summed E-state index contributed by atoms with van der Waals surface area (Å²) in [4.78, 5) is 10.6. The first-order valence-corrected chi connectivity index (χ1v) is 5.63. The Morgan fingerprint density at radius 1 is 1.60 bits per heavy atom. The van der Waals surface area contributed by atoms with E-state index in [-0.39, 0.29) is 0 Å². The Morgan fingerprint density at radius 2 is 2.33 bits per heavy atom. The van der Waals surface area contributed by atoms with Crippen molar-refractivity contribution in [1.29, 1.82) is 0 Å². The number of nitrogens with zero attached hydrogens (tertiary/aromatic N) is 1. The molecule has 3 aliphatic rings. The molecule has 3 aliphatic carbocycles. The molecule has 3 saturated carbocycles. The number of fused-ring (bicyclic) bond motifs is 3. The maximum atomic E-state index is 10.6. The van der Waals surface area contributed by atoms with E-state index < -0.39 is 6.03 Å². The highest BCUT2D eigenvalue weighted by molar-refractivity contribution is 5.89. The number of carbonyl (C=O) groups is 1. The molecular weight excluding hydrogens is 190 g/mol. The molecule has 15 heavy (non-hydrogen) atoms. The lowest BCUT2D eigenvalue weighted by molar-refractivity contribution is 0.0248. The van der Waals surface area contributed by atoms with E-state index in [9.17, 15) is 4.79 Å². The number of amides is 2. The largest absolute Gasteiger partial charge is 0.350 e. The van der Waals surface area contributed by atoms with Crippen molar-refractivity contribution in [1.82, 2.24) is 5.43 Å². The van der Waals surface area contributed by atoms with Gasteiger partial charge in [0.15, 0.2) is 0 Å². The highest BCUT2D eigenvalue weighted by Crippen LogP contribution is 2.56. The van der Waals surface area contributed by atoms with Crippen LogP contribution in [-0.4, -0.2) is 11.7 Å². The summed E-state index contributed by atoms with van der Waals surface area (Å²) in [5, 5.41) is 4.15. The van der Waals surface area contributed by atoms with E-state index in [1.165, 1.54) is 19.3 Å². The third-order valence-electron chi connectivity index (χ3n) is 4.17. The number of carbonyl (C=O) groups excluding carboxylic acids is 1. The minimum absolute atomic E-state index is 0.356. The second kappa shape index (κ2) is 3.51. The number of nitrogens with two attached hydrogens (primary N) is 1. The zero-order chi connectivity index (χ0) is 11.1. The maximum absolute atomic E-state index is 10.6. The summed E-state index contributed by atoms with van der Waals surface area (Å²) in [6.07, 6.45) is 4.71. The van der Waals surface area contributed by atoms with Gasteiger partial charge in [-0.1, -0.05) is 13.8 Å². The highest BCUT2D eigenvalue weighted by atomic mass is 16.2. The Hall–Kier alpha value is -1.06. The minimum Gasteiger partial charge on any atom is -0.350 e. The number of rotatable bonds is 1. The number of hydrogen-bond acceptors (Lipinski definition) is 2. The van der Waals surface area contributed by atoms with Crippen molar-refractivity contribution in [3.8, 4) is 0 Å². The molecule has 0 heterocycles. The number of primary amides is 1. The average molecular weight is 209 g/mol. The molecule has 3 N–H and O–H groups in total. The molecule has 2 amide bonds. The quantitative estimate of drug-likeness (QED) is 0.636. The van der Waals surface area contributed by atoms with E-state index in [1.54, 1.807) is 0 Å². The summed E-state index contributed by atoms with van der Waals surface area (Å²) < 4.78 is 0. The molecular formula is C11H19N3O. The fourth-order valence-corrected chi connectivity index (χ4v) is 3.04. The van der Waals surface area contributed by atoms with Gasteiger partial charge in [-0.15, -0.1) is 0 Å². The van der Waals surface area contributed by atoms with Crippen LogP contribution >= 0.6 is 0 Å². The third kappa shape index (κ3) is 1.73. The first kappa shape index (κ1) is 10.5. The molecule has 0 aromatic rings. The van der Waals surface area contributed by atoms with Gasteiger partial charge in [0.05, 0.1) is 0 Å². The Balaban J connectivity index is 2.12. The average Bonchev–Trinajstić information content (AvgIpc) is 2.43. The van der Waals surface area contributed by atoms with Gasteiger partial charge in [-0.2, -0.15) is 5.10 Å². The van der Waals surface area contributed by atoms with Crippen molar-refractivity contribution in [3.05, 3.63) is 0 Å². The first-order chi connectivity index (χ1) is 7.01. The second-order valence-corrected chi connectivity index (χ2v) is 5.28. The topological polar surface area (TPSA) is 67.5 Å². The van der Waals surface area contributed by atoms with Crippen LogP contribution in [0.15, 0.2) is 5.10 Å². The summed E-state index contributed by atoms with van der Waals surface area (Å²) in [5.41, 5.74) is 8.87. The molecule has 0 aliphatic heterocycles. The predicted molar refractivity (Wildman–Crippen MR) is 59.4 cm³/mol. The molecule has 0 spiro atoms. The van der Waals surface area contributed by atoms with Gasteiger partial charge in [0.25, 0.3) is 0 Å². The minimum atomic E-state index is -0.569. The lowest BCUT2D eigenvalue weighted by Gasteiger charge is -2.51. The van der Waals surface area contributed by atoms with Crippen molar-refractivity contribution in [2.45, 2.75) is 39.5 Å². The van der Waals surface area contributed by atoms with Crippen LogP contribution < -0.4 is 11.2 Å². The molecule has 0 saturated heterocycles. The van der Waals surface area contributed by atoms with E-state index in [0.717, 1.165) is 18.1 Å². The summed E-state index contributed by atoms with van der Waals surface area (Å²) in [6, 6.07) is -0.569. The van der Waals surface area contributed by atoms with Crippen LogP contribution in [0.4, 0.5) is 4.79 Å². The molecule has 0 radical (unpaired) electrons. The van der Waals surface area contributed by atoms with Crippen molar-refractivity contribution in [3.63, 3.8) is 0 Å². The summed E-state index contributed by atoms with van der Waals surface area (Å²) in [7, 11) is 0. The normalized spacial score (nSPS) is 35.5. The lowest BCUT2D eigenvalue weighted by atomic mass is 9.54. The monoisotopic (exact) mass is 209 g/mol. The van der Waals surface area contributed by atoms with E-state index in [1.807, 2.05) is 0 Å². The SMILES string of the molecule is CC1(C)[C@H]2CCC/C(=N/NC(N)=O)[C@H]1C2. The van der Waals surface area contributed by atoms with Gasteiger partial charge >= 0.3 is 6.03 Å². The maximum Gasteiger partial charge on any atom is 0.332 e. The Kier molecular flexibility index (Phi) is 2.44. The molecule has 3 fully saturated rings. The van der Waals surface area contributed by atoms with Gasteiger partial charge < -0.3 is 5.73 Å². The van der Waals surface area contributed by atoms with Crippen molar-refractivity contribution in [2.24, 2.45) is 28.1 Å². The number of hydrogen-bond donors (Lipinski definition) is 2. The molecule has 4 nitrogen and oxygen atoms in total. The fourth-order valence-electron chi connectivity index (χ4n) is 3.04. The highest BCUT2D eigenvalue weighted by Gasteiger charge is 2.51. The summed E-state index contributed by atoms with van der Waals surface area (Å²) in [5.74, 6) is 1.38. The smallest absolute Gasteiger partial charge is 0.332 e. The van der Waals surface area contributed by atoms with Crippen LogP contribution in [0.2, 0.25) is 0 Å². The Bertz CT molecular complexity index is 309. The molecule has 0 aromatic heterocycles. The number of nitrogens with one attached hydrogen (secondary N) is 1. The van der Waals surface area contributed by atoms with Crippen LogP contribution in [0.25, 0.3) is 0 Å². The van der Waals surface area contributed by atoms with Crippen LogP contribution in [0.5, 0.6) is 0 Å². The van der Waals surface area contributed by atoms with Crippen molar-refractivity contribution >= 4 is 11.7 Å². The lowest BCUT2D eigenvalue weighted by Crippen LogP contribution is -2.47. The second-order valence-electron chi connectivity index (χ2n) is 5.28. The molecule has 0 aromatic carbocycles. The molecule has 4 heteroatoms. The van der Waals surface area contributed by atoms with Crippen LogP contribution in [0.1, 0.15) is 39.5 Å². The van der Waals surface area contributed by atoms with Gasteiger partial charge in [-0.05, 0) is 37.0 Å². The fraction of sp³-hybridized carbons (Fsp3) is 0.818.